The first-order chi connectivity index (χ1) is 6.59. The van der Waals surface area contributed by atoms with Crippen molar-refractivity contribution in [2.45, 2.75) is 0 Å². The van der Waals surface area contributed by atoms with Crippen molar-refractivity contribution in [1.82, 2.24) is 0 Å². The first-order valence-corrected chi connectivity index (χ1v) is 5.98. The van der Waals surface area contributed by atoms with Gasteiger partial charge in [0, 0.05) is 8.96 Å². The van der Waals surface area contributed by atoms with Crippen molar-refractivity contribution in [3.05, 3.63) is 43.0 Å². The average molecular weight is 416 g/mol. The van der Waals surface area contributed by atoms with E-state index in [2.05, 4.69) is 22.6 Å². The molecule has 2 aromatic rings. The highest BCUT2D eigenvalue weighted by atomic mass is 127. The van der Waals surface area contributed by atoms with Crippen LogP contribution in [0.3, 0.4) is 0 Å². The lowest BCUT2D eigenvalue weighted by Crippen LogP contribution is -1.90. The highest BCUT2D eigenvalue weighted by molar-refractivity contribution is 14.1. The van der Waals surface area contributed by atoms with Gasteiger partial charge in [-0.15, -0.1) is 0 Å². The summed E-state index contributed by atoms with van der Waals surface area (Å²) in [7, 11) is 0. The zero-order valence-electron chi connectivity index (χ0n) is 6.82. The molecule has 0 saturated heterocycles. The molecular weight excluding hydrogens is 412 g/mol. The van der Waals surface area contributed by atoms with Gasteiger partial charge in [0.1, 0.15) is 11.6 Å². The maximum atomic E-state index is 13.5. The predicted octanol–water partition coefficient (Wildman–Crippen LogP) is 4.33. The normalized spacial score (nSPS) is 10.9. The Morgan fingerprint density at radius 3 is 2.43 bits per heavy atom. The molecular formula is C10H4F2I2. The molecule has 0 atom stereocenters. The maximum absolute atomic E-state index is 13.5. The van der Waals surface area contributed by atoms with Gasteiger partial charge in [0.25, 0.3) is 0 Å². The molecule has 14 heavy (non-hydrogen) atoms. The molecule has 0 aliphatic carbocycles. The van der Waals surface area contributed by atoms with E-state index in [0.29, 0.717) is 10.8 Å². The van der Waals surface area contributed by atoms with Crippen molar-refractivity contribution in [1.29, 1.82) is 0 Å². The number of halogens is 4. The van der Waals surface area contributed by atoms with Crippen LogP contribution in [0.15, 0.2) is 24.3 Å². The lowest BCUT2D eigenvalue weighted by molar-refractivity contribution is 0.579. The fourth-order valence-electron chi connectivity index (χ4n) is 1.28. The van der Waals surface area contributed by atoms with E-state index in [1.54, 1.807) is 40.8 Å². The first-order valence-electron chi connectivity index (χ1n) is 3.82. The number of rotatable bonds is 0. The van der Waals surface area contributed by atoms with Gasteiger partial charge in [0.2, 0.25) is 0 Å². The summed E-state index contributed by atoms with van der Waals surface area (Å²) in [4.78, 5) is 0. The van der Waals surface area contributed by atoms with Gasteiger partial charge < -0.3 is 0 Å². The van der Waals surface area contributed by atoms with E-state index in [-0.39, 0.29) is 3.57 Å². The summed E-state index contributed by atoms with van der Waals surface area (Å²) < 4.78 is 27.8. The highest BCUT2D eigenvalue weighted by Crippen LogP contribution is 2.26. The largest absolute Gasteiger partial charge is 0.206 e. The molecule has 0 heterocycles. The predicted molar refractivity (Wildman–Crippen MR) is 69.3 cm³/mol. The molecule has 0 aliphatic heterocycles. The van der Waals surface area contributed by atoms with Crippen molar-refractivity contribution in [2.24, 2.45) is 0 Å². The van der Waals surface area contributed by atoms with Crippen LogP contribution in [0.5, 0.6) is 0 Å². The van der Waals surface area contributed by atoms with E-state index in [1.165, 1.54) is 6.07 Å². The quantitative estimate of drug-likeness (QED) is 0.444. The second-order valence-electron chi connectivity index (χ2n) is 2.85. The standard InChI is InChI=1S/C10H4F2I2/c11-8-4-5-3-6(13)1-2-7(5)9(12)10(8)14/h1-4H. The van der Waals surface area contributed by atoms with Gasteiger partial charge in [-0.05, 0) is 68.8 Å². The zero-order chi connectivity index (χ0) is 10.3. The fourth-order valence-corrected chi connectivity index (χ4v) is 2.24. The van der Waals surface area contributed by atoms with Crippen LogP contribution in [0.1, 0.15) is 0 Å². The second kappa shape index (κ2) is 3.88. The van der Waals surface area contributed by atoms with Crippen molar-refractivity contribution in [3.8, 4) is 0 Å². The lowest BCUT2D eigenvalue weighted by atomic mass is 10.1. The van der Waals surface area contributed by atoms with Gasteiger partial charge >= 0.3 is 0 Å². The minimum atomic E-state index is -0.502. The highest BCUT2D eigenvalue weighted by Gasteiger charge is 2.10. The van der Waals surface area contributed by atoms with Gasteiger partial charge in [-0.2, -0.15) is 0 Å². The second-order valence-corrected chi connectivity index (χ2v) is 5.18. The molecule has 0 aromatic heterocycles. The van der Waals surface area contributed by atoms with E-state index < -0.39 is 11.6 Å². The molecule has 72 valence electrons. The molecule has 0 bridgehead atoms. The Bertz CT molecular complexity index is 509. The molecule has 0 amide bonds. The van der Waals surface area contributed by atoms with E-state index in [1.807, 2.05) is 0 Å². The Morgan fingerprint density at radius 1 is 1.00 bits per heavy atom. The molecule has 0 unspecified atom stereocenters. The Labute approximate surface area is 107 Å². The van der Waals surface area contributed by atoms with E-state index in [0.717, 1.165) is 3.57 Å². The third kappa shape index (κ3) is 1.73. The van der Waals surface area contributed by atoms with Crippen LogP contribution in [0.4, 0.5) is 8.78 Å². The summed E-state index contributed by atoms with van der Waals surface area (Å²) in [5.74, 6) is -0.977. The van der Waals surface area contributed by atoms with Gasteiger partial charge in [0.15, 0.2) is 0 Å². The minimum Gasteiger partial charge on any atom is -0.206 e. The number of hydrogen-bond acceptors (Lipinski definition) is 0. The summed E-state index contributed by atoms with van der Waals surface area (Å²) in [6, 6.07) is 6.61. The van der Waals surface area contributed by atoms with E-state index in [9.17, 15) is 8.78 Å². The Morgan fingerprint density at radius 2 is 1.71 bits per heavy atom. The topological polar surface area (TPSA) is 0 Å². The molecule has 0 spiro atoms. The first kappa shape index (κ1) is 10.5. The third-order valence-electron chi connectivity index (χ3n) is 1.93. The monoisotopic (exact) mass is 416 g/mol. The summed E-state index contributed by atoms with van der Waals surface area (Å²) >= 11 is 3.79. The van der Waals surface area contributed by atoms with Crippen LogP contribution in [0, 0.1) is 18.8 Å². The van der Waals surface area contributed by atoms with Gasteiger partial charge in [-0.25, -0.2) is 8.78 Å². The van der Waals surface area contributed by atoms with Crippen LogP contribution in [0.2, 0.25) is 0 Å². The minimum absolute atomic E-state index is 0.0521. The number of fused-ring (bicyclic) bond motifs is 1. The number of benzene rings is 2. The smallest absolute Gasteiger partial charge is 0.147 e. The molecule has 4 heteroatoms. The van der Waals surface area contributed by atoms with Gasteiger partial charge in [-0.3, -0.25) is 0 Å². The van der Waals surface area contributed by atoms with Crippen molar-refractivity contribution in [2.75, 3.05) is 0 Å². The molecule has 2 aromatic carbocycles. The van der Waals surface area contributed by atoms with Crippen LogP contribution >= 0.6 is 45.2 Å². The van der Waals surface area contributed by atoms with Crippen LogP contribution in [0.25, 0.3) is 10.8 Å². The van der Waals surface area contributed by atoms with Crippen molar-refractivity contribution in [3.63, 3.8) is 0 Å². The molecule has 0 saturated carbocycles. The maximum Gasteiger partial charge on any atom is 0.147 e. The summed E-state index contributed by atoms with van der Waals surface area (Å²) in [6.07, 6.45) is 0. The van der Waals surface area contributed by atoms with Crippen LogP contribution in [-0.2, 0) is 0 Å². The summed E-state index contributed by atoms with van der Waals surface area (Å²) in [6.45, 7) is 0. The Hall–Kier alpha value is 0.0200. The lowest BCUT2D eigenvalue weighted by Gasteiger charge is -2.03. The SMILES string of the molecule is Fc1cc2cc(I)ccc2c(F)c1I. The summed E-state index contributed by atoms with van der Waals surface area (Å²) in [5, 5.41) is 1.07. The summed E-state index contributed by atoms with van der Waals surface area (Å²) in [5.41, 5.74) is 0. The van der Waals surface area contributed by atoms with E-state index >= 15 is 0 Å². The molecule has 2 rings (SSSR count). The molecule has 0 N–H and O–H groups in total. The van der Waals surface area contributed by atoms with Crippen LogP contribution < -0.4 is 0 Å². The molecule has 0 fully saturated rings. The molecule has 0 radical (unpaired) electrons. The van der Waals surface area contributed by atoms with E-state index in [4.69, 9.17) is 0 Å². The van der Waals surface area contributed by atoms with Crippen molar-refractivity contribution >= 4 is 56.0 Å². The Kier molecular flexibility index (Phi) is 2.92. The van der Waals surface area contributed by atoms with Crippen LogP contribution in [-0.4, -0.2) is 0 Å². The van der Waals surface area contributed by atoms with Gasteiger partial charge in [0.05, 0.1) is 3.57 Å². The molecule has 0 nitrogen and oxygen atoms in total. The Balaban J connectivity index is 2.91. The third-order valence-corrected chi connectivity index (χ3v) is 3.59. The van der Waals surface area contributed by atoms with Gasteiger partial charge in [-0.1, -0.05) is 6.07 Å². The number of hydrogen-bond donors (Lipinski definition) is 0. The fraction of sp³-hybridized carbons (Fsp3) is 0. The molecule has 0 aliphatic rings. The zero-order valence-corrected chi connectivity index (χ0v) is 11.1. The van der Waals surface area contributed by atoms with Crippen molar-refractivity contribution < 1.29 is 8.78 Å². The average Bonchev–Trinajstić information content (AvgIpc) is 2.14.